The van der Waals surface area contributed by atoms with Crippen molar-refractivity contribution < 1.29 is 18.4 Å². The number of nitrogens with one attached hydrogen (secondary N) is 2. The van der Waals surface area contributed by atoms with E-state index in [-0.39, 0.29) is 13.0 Å². The number of nitrogens with zero attached hydrogens (tertiary/aromatic N) is 2. The Labute approximate surface area is 126 Å². The second kappa shape index (κ2) is 5.88. The van der Waals surface area contributed by atoms with Gasteiger partial charge in [0.15, 0.2) is 11.6 Å². The minimum absolute atomic E-state index is 0.0180. The largest absolute Gasteiger partial charge is 0.369 e. The van der Waals surface area contributed by atoms with Crippen molar-refractivity contribution in [2.75, 3.05) is 42.5 Å². The third kappa shape index (κ3) is 2.74. The molecule has 0 aromatic heterocycles. The first-order valence-electron chi connectivity index (χ1n) is 7.12. The fourth-order valence-electron chi connectivity index (χ4n) is 2.69. The second-order valence-electron chi connectivity index (χ2n) is 5.25. The first-order valence-corrected chi connectivity index (χ1v) is 7.12. The van der Waals surface area contributed by atoms with Gasteiger partial charge in [-0.2, -0.15) is 0 Å². The topological polar surface area (TPSA) is 64.7 Å². The molecule has 0 saturated carbocycles. The van der Waals surface area contributed by atoms with Crippen molar-refractivity contribution in [3.05, 3.63) is 23.8 Å². The van der Waals surface area contributed by atoms with Crippen LogP contribution < -0.4 is 20.4 Å². The molecule has 0 radical (unpaired) electrons. The van der Waals surface area contributed by atoms with Crippen molar-refractivity contribution in [2.24, 2.45) is 0 Å². The van der Waals surface area contributed by atoms with Gasteiger partial charge in [0.2, 0.25) is 5.91 Å². The average Bonchev–Trinajstić information content (AvgIpc) is 2.49. The zero-order valence-electron chi connectivity index (χ0n) is 11.9. The van der Waals surface area contributed by atoms with E-state index in [1.807, 2.05) is 4.90 Å². The third-order valence-corrected chi connectivity index (χ3v) is 3.81. The van der Waals surface area contributed by atoms with Gasteiger partial charge in [-0.1, -0.05) is 0 Å². The smallest absolute Gasteiger partial charge is 0.328 e. The van der Waals surface area contributed by atoms with Crippen molar-refractivity contribution in [1.29, 1.82) is 0 Å². The normalized spacial score (nSPS) is 19.4. The van der Waals surface area contributed by atoms with E-state index in [1.165, 1.54) is 12.1 Å². The highest BCUT2D eigenvalue weighted by Gasteiger charge is 2.29. The average molecular weight is 310 g/mol. The number of piperazine rings is 1. The van der Waals surface area contributed by atoms with Crippen LogP contribution in [0.15, 0.2) is 12.1 Å². The number of amides is 3. The minimum Gasteiger partial charge on any atom is -0.369 e. The number of carbonyl (C=O) groups is 2. The van der Waals surface area contributed by atoms with Crippen LogP contribution in [0.1, 0.15) is 6.42 Å². The van der Waals surface area contributed by atoms with E-state index in [0.717, 1.165) is 18.0 Å². The summed E-state index contributed by atoms with van der Waals surface area (Å²) in [5, 5.41) is 5.22. The molecule has 1 aromatic rings. The van der Waals surface area contributed by atoms with E-state index in [1.54, 1.807) is 0 Å². The lowest BCUT2D eigenvalue weighted by Crippen LogP contribution is -2.50. The van der Waals surface area contributed by atoms with E-state index >= 15 is 0 Å². The van der Waals surface area contributed by atoms with Gasteiger partial charge >= 0.3 is 6.03 Å². The van der Waals surface area contributed by atoms with Crippen LogP contribution in [0.2, 0.25) is 0 Å². The summed E-state index contributed by atoms with van der Waals surface area (Å²) in [4.78, 5) is 25.7. The number of imide groups is 1. The number of hydrogen-bond acceptors (Lipinski definition) is 4. The first-order chi connectivity index (χ1) is 10.6. The quantitative estimate of drug-likeness (QED) is 0.849. The van der Waals surface area contributed by atoms with Crippen LogP contribution in [0.4, 0.5) is 25.0 Å². The predicted molar refractivity (Wildman–Crippen MR) is 76.9 cm³/mol. The molecule has 0 unspecified atom stereocenters. The van der Waals surface area contributed by atoms with Crippen molar-refractivity contribution in [2.45, 2.75) is 6.42 Å². The Bertz CT molecular complexity index is 594. The Hall–Kier alpha value is -2.22. The molecule has 2 N–H and O–H groups in total. The van der Waals surface area contributed by atoms with Crippen LogP contribution >= 0.6 is 0 Å². The highest BCUT2D eigenvalue weighted by Crippen LogP contribution is 2.30. The zero-order chi connectivity index (χ0) is 15.7. The Balaban J connectivity index is 1.89. The molecule has 118 valence electrons. The molecule has 2 aliphatic rings. The second-order valence-corrected chi connectivity index (χ2v) is 5.25. The molecule has 22 heavy (non-hydrogen) atoms. The summed E-state index contributed by atoms with van der Waals surface area (Å²) in [6.45, 7) is 2.79. The van der Waals surface area contributed by atoms with Crippen LogP contribution in [-0.2, 0) is 4.79 Å². The fourth-order valence-corrected chi connectivity index (χ4v) is 2.69. The Kier molecular flexibility index (Phi) is 3.93. The van der Waals surface area contributed by atoms with E-state index < -0.39 is 29.3 Å². The molecule has 1 aromatic carbocycles. The fraction of sp³-hybridized carbons (Fsp3) is 0.429. The van der Waals surface area contributed by atoms with Gasteiger partial charge in [-0.15, -0.1) is 0 Å². The number of hydrogen-bond donors (Lipinski definition) is 2. The Morgan fingerprint density at radius 2 is 1.64 bits per heavy atom. The minimum atomic E-state index is -0.807. The van der Waals surface area contributed by atoms with Gasteiger partial charge in [-0.3, -0.25) is 15.0 Å². The lowest BCUT2D eigenvalue weighted by molar-refractivity contribution is -0.120. The molecule has 3 rings (SSSR count). The standard InChI is InChI=1S/C14H16F2N4O2/c15-10-7-9(19-5-2-17-3-6-19)8-11(16)13(10)20-4-1-12(21)18-14(20)22/h7-8,17H,1-6H2,(H,18,21,22). The van der Waals surface area contributed by atoms with Crippen LogP contribution in [0, 0.1) is 11.6 Å². The molecule has 0 aliphatic carbocycles. The maximum absolute atomic E-state index is 14.3. The molecular formula is C14H16F2N4O2. The van der Waals surface area contributed by atoms with Crippen molar-refractivity contribution in [1.82, 2.24) is 10.6 Å². The number of rotatable bonds is 2. The molecule has 0 bridgehead atoms. The summed E-state index contributed by atoms with van der Waals surface area (Å²) in [5.74, 6) is -2.06. The maximum atomic E-state index is 14.3. The van der Waals surface area contributed by atoms with E-state index in [4.69, 9.17) is 0 Å². The monoisotopic (exact) mass is 310 g/mol. The van der Waals surface area contributed by atoms with Crippen molar-refractivity contribution in [3.63, 3.8) is 0 Å². The highest BCUT2D eigenvalue weighted by molar-refractivity contribution is 6.05. The molecule has 8 heteroatoms. The maximum Gasteiger partial charge on any atom is 0.328 e. The summed E-state index contributed by atoms with van der Waals surface area (Å²) >= 11 is 0. The number of anilines is 2. The summed E-state index contributed by atoms with van der Waals surface area (Å²) in [6, 6.07) is 1.66. The number of urea groups is 1. The Morgan fingerprint density at radius 1 is 1.00 bits per heavy atom. The molecule has 3 amide bonds. The van der Waals surface area contributed by atoms with Crippen LogP contribution in [-0.4, -0.2) is 44.7 Å². The molecule has 0 atom stereocenters. The number of benzene rings is 1. The summed E-state index contributed by atoms with van der Waals surface area (Å²) < 4.78 is 28.7. The molecular weight excluding hydrogens is 294 g/mol. The van der Waals surface area contributed by atoms with Crippen molar-refractivity contribution in [3.8, 4) is 0 Å². The van der Waals surface area contributed by atoms with Crippen LogP contribution in [0.5, 0.6) is 0 Å². The van der Waals surface area contributed by atoms with Gasteiger partial charge in [0, 0.05) is 44.8 Å². The van der Waals surface area contributed by atoms with Gasteiger partial charge in [0.25, 0.3) is 0 Å². The zero-order valence-corrected chi connectivity index (χ0v) is 11.9. The molecule has 2 heterocycles. The predicted octanol–water partition coefficient (Wildman–Crippen LogP) is 0.821. The SMILES string of the molecule is O=C1CCN(c2c(F)cc(N3CCNCC3)cc2F)C(=O)N1. The summed E-state index contributed by atoms with van der Waals surface area (Å²) in [5.41, 5.74) is 0.0395. The molecule has 0 spiro atoms. The summed E-state index contributed by atoms with van der Waals surface area (Å²) in [7, 11) is 0. The molecule has 2 fully saturated rings. The van der Waals surface area contributed by atoms with E-state index in [2.05, 4.69) is 10.6 Å². The van der Waals surface area contributed by atoms with Gasteiger partial charge < -0.3 is 10.2 Å². The van der Waals surface area contributed by atoms with Crippen molar-refractivity contribution >= 4 is 23.3 Å². The van der Waals surface area contributed by atoms with Gasteiger partial charge in [0.1, 0.15) is 5.69 Å². The Morgan fingerprint density at radius 3 is 2.23 bits per heavy atom. The van der Waals surface area contributed by atoms with E-state index in [0.29, 0.717) is 18.8 Å². The van der Waals surface area contributed by atoms with Gasteiger partial charge in [0.05, 0.1) is 0 Å². The molecule has 2 saturated heterocycles. The van der Waals surface area contributed by atoms with Crippen LogP contribution in [0.25, 0.3) is 0 Å². The molecule has 2 aliphatic heterocycles. The first kappa shape index (κ1) is 14.7. The summed E-state index contributed by atoms with van der Waals surface area (Å²) in [6.07, 6.45) is 0.0180. The lowest BCUT2D eigenvalue weighted by Gasteiger charge is -2.31. The number of halogens is 2. The lowest BCUT2D eigenvalue weighted by atomic mass is 10.2. The molecule has 6 nitrogen and oxygen atoms in total. The van der Waals surface area contributed by atoms with Crippen LogP contribution in [0.3, 0.4) is 0 Å². The van der Waals surface area contributed by atoms with Gasteiger partial charge in [-0.25, -0.2) is 13.6 Å². The van der Waals surface area contributed by atoms with Gasteiger partial charge in [-0.05, 0) is 12.1 Å². The number of carbonyl (C=O) groups excluding carboxylic acids is 2. The van der Waals surface area contributed by atoms with E-state index in [9.17, 15) is 18.4 Å². The third-order valence-electron chi connectivity index (χ3n) is 3.81. The highest BCUT2D eigenvalue weighted by atomic mass is 19.1.